The average molecular weight is 348 g/mol. The second kappa shape index (κ2) is 6.97. The third-order valence-corrected chi connectivity index (χ3v) is 6.87. The SMILES string of the molecule is O=S(=O)(c1ccc(Oc2ccccc2)cc1)C1CCCC(S)C1. The van der Waals surface area contributed by atoms with Crippen molar-refractivity contribution in [2.45, 2.75) is 41.1 Å². The summed E-state index contributed by atoms with van der Waals surface area (Å²) in [6, 6.07) is 16.1. The molecule has 1 saturated carbocycles. The lowest BCUT2D eigenvalue weighted by atomic mass is 10.00. The lowest BCUT2D eigenvalue weighted by molar-refractivity contribution is 0.481. The zero-order valence-corrected chi connectivity index (χ0v) is 14.5. The molecule has 0 bridgehead atoms. The second-order valence-corrected chi connectivity index (χ2v) is 8.83. The number of thiol groups is 1. The van der Waals surface area contributed by atoms with Gasteiger partial charge in [0, 0.05) is 5.25 Å². The Bertz CT molecular complexity index is 740. The molecule has 2 atom stereocenters. The predicted molar refractivity (Wildman–Crippen MR) is 95.2 cm³/mol. The first kappa shape index (κ1) is 16.4. The molecule has 1 fully saturated rings. The van der Waals surface area contributed by atoms with E-state index in [2.05, 4.69) is 12.6 Å². The minimum Gasteiger partial charge on any atom is -0.457 e. The molecule has 0 amide bonds. The zero-order chi connectivity index (χ0) is 16.3. The van der Waals surface area contributed by atoms with E-state index in [4.69, 9.17) is 4.74 Å². The minimum absolute atomic E-state index is 0.184. The third-order valence-electron chi connectivity index (χ3n) is 4.17. The Balaban J connectivity index is 1.76. The van der Waals surface area contributed by atoms with Crippen LogP contribution >= 0.6 is 12.6 Å². The molecule has 2 aromatic carbocycles. The second-order valence-electron chi connectivity index (χ2n) is 5.87. The van der Waals surface area contributed by atoms with Gasteiger partial charge in [0.25, 0.3) is 0 Å². The number of hydrogen-bond donors (Lipinski definition) is 1. The van der Waals surface area contributed by atoms with Crippen LogP contribution < -0.4 is 4.74 Å². The summed E-state index contributed by atoms with van der Waals surface area (Å²) < 4.78 is 31.2. The largest absolute Gasteiger partial charge is 0.457 e. The number of hydrogen-bond acceptors (Lipinski definition) is 4. The van der Waals surface area contributed by atoms with Crippen LogP contribution in [0.15, 0.2) is 59.5 Å². The van der Waals surface area contributed by atoms with Crippen LogP contribution in [0.3, 0.4) is 0 Å². The van der Waals surface area contributed by atoms with Crippen molar-refractivity contribution in [1.29, 1.82) is 0 Å². The summed E-state index contributed by atoms with van der Waals surface area (Å²) in [4.78, 5) is 0.366. The van der Waals surface area contributed by atoms with Gasteiger partial charge in [0.2, 0.25) is 0 Å². The quantitative estimate of drug-likeness (QED) is 0.828. The molecule has 3 nitrogen and oxygen atoms in total. The van der Waals surface area contributed by atoms with Gasteiger partial charge in [-0.1, -0.05) is 24.6 Å². The fraction of sp³-hybridized carbons (Fsp3) is 0.333. The van der Waals surface area contributed by atoms with Crippen LogP contribution in [0.5, 0.6) is 11.5 Å². The predicted octanol–water partition coefficient (Wildman–Crippen LogP) is 4.49. The summed E-state index contributed by atoms with van der Waals surface area (Å²) in [6.45, 7) is 0. The van der Waals surface area contributed by atoms with E-state index in [0.717, 1.165) is 25.0 Å². The van der Waals surface area contributed by atoms with Crippen molar-refractivity contribution >= 4 is 22.5 Å². The molecule has 0 saturated heterocycles. The number of para-hydroxylation sites is 1. The molecule has 2 aromatic rings. The molecule has 1 aliphatic rings. The van der Waals surface area contributed by atoms with Crippen LogP contribution in [0.4, 0.5) is 0 Å². The summed E-state index contributed by atoms with van der Waals surface area (Å²) in [5.41, 5.74) is 0. The first-order valence-electron chi connectivity index (χ1n) is 7.80. The van der Waals surface area contributed by atoms with Crippen LogP contribution in [-0.4, -0.2) is 18.9 Å². The summed E-state index contributed by atoms with van der Waals surface area (Å²) in [7, 11) is -3.29. The van der Waals surface area contributed by atoms with Crippen molar-refractivity contribution in [2.75, 3.05) is 0 Å². The normalized spacial score (nSPS) is 21.8. The maximum absolute atomic E-state index is 12.7. The fourth-order valence-electron chi connectivity index (χ4n) is 2.92. The van der Waals surface area contributed by atoms with Crippen molar-refractivity contribution in [3.8, 4) is 11.5 Å². The van der Waals surface area contributed by atoms with Gasteiger partial charge in [-0.05, 0) is 55.7 Å². The van der Waals surface area contributed by atoms with Gasteiger partial charge in [0.15, 0.2) is 9.84 Å². The van der Waals surface area contributed by atoms with Gasteiger partial charge in [-0.2, -0.15) is 12.6 Å². The molecule has 23 heavy (non-hydrogen) atoms. The molecule has 0 radical (unpaired) electrons. The van der Waals surface area contributed by atoms with Crippen LogP contribution in [0.2, 0.25) is 0 Å². The molecular weight excluding hydrogens is 328 g/mol. The Morgan fingerprint density at radius 2 is 1.57 bits per heavy atom. The number of sulfone groups is 1. The summed E-state index contributed by atoms with van der Waals surface area (Å²) in [6.07, 6.45) is 3.28. The fourth-order valence-corrected chi connectivity index (χ4v) is 5.36. The minimum atomic E-state index is -3.29. The molecule has 0 aliphatic heterocycles. The molecule has 122 valence electrons. The highest BCUT2D eigenvalue weighted by Gasteiger charge is 2.31. The maximum atomic E-state index is 12.7. The molecule has 5 heteroatoms. The van der Waals surface area contributed by atoms with Gasteiger partial charge < -0.3 is 4.74 Å². The average Bonchev–Trinajstić information content (AvgIpc) is 2.56. The maximum Gasteiger partial charge on any atom is 0.181 e. The van der Waals surface area contributed by atoms with Gasteiger partial charge in [-0.15, -0.1) is 0 Å². The van der Waals surface area contributed by atoms with Crippen LogP contribution in [0, 0.1) is 0 Å². The van der Waals surface area contributed by atoms with E-state index in [1.165, 1.54) is 0 Å². The summed E-state index contributed by atoms with van der Waals surface area (Å²) >= 11 is 4.45. The Morgan fingerprint density at radius 3 is 2.22 bits per heavy atom. The molecule has 1 aliphatic carbocycles. The summed E-state index contributed by atoms with van der Waals surface area (Å²) in [5, 5.41) is -0.135. The van der Waals surface area contributed by atoms with Crippen molar-refractivity contribution in [3.05, 3.63) is 54.6 Å². The van der Waals surface area contributed by atoms with Crippen LogP contribution in [-0.2, 0) is 9.84 Å². The Hall–Kier alpha value is -1.46. The van der Waals surface area contributed by atoms with E-state index in [0.29, 0.717) is 17.1 Å². The van der Waals surface area contributed by atoms with E-state index in [9.17, 15) is 8.42 Å². The van der Waals surface area contributed by atoms with E-state index in [1.54, 1.807) is 24.3 Å². The van der Waals surface area contributed by atoms with Gasteiger partial charge in [0.1, 0.15) is 11.5 Å². The van der Waals surface area contributed by atoms with Crippen LogP contribution in [0.25, 0.3) is 0 Å². The topological polar surface area (TPSA) is 43.4 Å². The Kier molecular flexibility index (Phi) is 4.97. The zero-order valence-electron chi connectivity index (χ0n) is 12.8. The van der Waals surface area contributed by atoms with E-state index >= 15 is 0 Å². The van der Waals surface area contributed by atoms with Crippen molar-refractivity contribution in [1.82, 2.24) is 0 Å². The van der Waals surface area contributed by atoms with E-state index < -0.39 is 9.84 Å². The smallest absolute Gasteiger partial charge is 0.181 e. The number of benzene rings is 2. The first-order valence-corrected chi connectivity index (χ1v) is 9.87. The molecule has 0 N–H and O–H groups in total. The molecule has 3 rings (SSSR count). The van der Waals surface area contributed by atoms with E-state index in [1.807, 2.05) is 30.3 Å². The van der Waals surface area contributed by atoms with Gasteiger partial charge in [-0.3, -0.25) is 0 Å². The van der Waals surface area contributed by atoms with Crippen molar-refractivity contribution in [2.24, 2.45) is 0 Å². The number of ether oxygens (including phenoxy) is 1. The number of rotatable bonds is 4. The van der Waals surface area contributed by atoms with Gasteiger partial charge in [0.05, 0.1) is 10.1 Å². The lowest BCUT2D eigenvalue weighted by Gasteiger charge is -2.26. The highest BCUT2D eigenvalue weighted by Crippen LogP contribution is 2.32. The van der Waals surface area contributed by atoms with E-state index in [-0.39, 0.29) is 10.5 Å². The van der Waals surface area contributed by atoms with Crippen molar-refractivity contribution < 1.29 is 13.2 Å². The molecular formula is C18H20O3S2. The standard InChI is InChI=1S/C18H20O3S2/c19-23(20,18-8-4-7-16(22)13-18)17-11-9-15(10-12-17)21-14-5-2-1-3-6-14/h1-3,5-6,9-12,16,18,22H,4,7-8,13H2. The Labute approximate surface area is 143 Å². The monoisotopic (exact) mass is 348 g/mol. The lowest BCUT2D eigenvalue weighted by Crippen LogP contribution is -2.28. The molecule has 2 unspecified atom stereocenters. The Morgan fingerprint density at radius 1 is 0.913 bits per heavy atom. The van der Waals surface area contributed by atoms with Gasteiger partial charge >= 0.3 is 0 Å². The van der Waals surface area contributed by atoms with Crippen LogP contribution in [0.1, 0.15) is 25.7 Å². The molecule has 0 aromatic heterocycles. The molecule has 0 spiro atoms. The first-order chi connectivity index (χ1) is 11.1. The van der Waals surface area contributed by atoms with Crippen molar-refractivity contribution in [3.63, 3.8) is 0 Å². The van der Waals surface area contributed by atoms with Gasteiger partial charge in [-0.25, -0.2) is 8.42 Å². The molecule has 0 heterocycles. The summed E-state index contributed by atoms with van der Waals surface area (Å²) in [5.74, 6) is 1.36. The third kappa shape index (κ3) is 3.90. The highest BCUT2D eigenvalue weighted by atomic mass is 32.2. The highest BCUT2D eigenvalue weighted by molar-refractivity contribution is 7.92.